The van der Waals surface area contributed by atoms with Gasteiger partial charge >= 0.3 is 0 Å². The molecule has 1 atom stereocenters. The Balaban J connectivity index is 1.41. The summed E-state index contributed by atoms with van der Waals surface area (Å²) < 4.78 is 11.1. The van der Waals surface area contributed by atoms with E-state index in [4.69, 9.17) is 9.47 Å². The molecule has 132 valence electrons. The van der Waals surface area contributed by atoms with E-state index in [1.807, 2.05) is 41.3 Å². The SMILES string of the molecule is COc1ccc(C(=O)N2CCC(Oc3ccc4ccccc4n3)C2)cc1. The van der Waals surface area contributed by atoms with Crippen LogP contribution < -0.4 is 9.47 Å². The average molecular weight is 348 g/mol. The summed E-state index contributed by atoms with van der Waals surface area (Å²) in [5.41, 5.74) is 1.57. The average Bonchev–Trinajstić information content (AvgIpc) is 3.16. The maximum absolute atomic E-state index is 12.6. The van der Waals surface area contributed by atoms with E-state index in [0.717, 1.165) is 23.1 Å². The number of benzene rings is 2. The molecule has 1 amide bonds. The summed E-state index contributed by atoms with van der Waals surface area (Å²) >= 11 is 0. The third kappa shape index (κ3) is 3.33. The van der Waals surface area contributed by atoms with Gasteiger partial charge in [0, 0.05) is 30.0 Å². The summed E-state index contributed by atoms with van der Waals surface area (Å²) in [5, 5.41) is 1.09. The highest BCUT2D eigenvalue weighted by Crippen LogP contribution is 2.22. The number of aromatic nitrogens is 1. The van der Waals surface area contributed by atoms with Crippen LogP contribution in [0.1, 0.15) is 16.8 Å². The van der Waals surface area contributed by atoms with Gasteiger partial charge in [-0.1, -0.05) is 18.2 Å². The molecule has 0 bridgehead atoms. The first-order valence-corrected chi connectivity index (χ1v) is 8.69. The van der Waals surface area contributed by atoms with Crippen molar-refractivity contribution in [2.45, 2.75) is 12.5 Å². The van der Waals surface area contributed by atoms with E-state index in [1.54, 1.807) is 31.4 Å². The van der Waals surface area contributed by atoms with Crippen LogP contribution in [0.15, 0.2) is 60.7 Å². The maximum atomic E-state index is 12.6. The largest absolute Gasteiger partial charge is 0.497 e. The molecular formula is C21H20N2O3. The number of pyridine rings is 1. The Morgan fingerprint density at radius 3 is 2.69 bits per heavy atom. The van der Waals surface area contributed by atoms with Crippen LogP contribution in [0, 0.1) is 0 Å². The number of nitrogens with zero attached hydrogens (tertiary/aromatic N) is 2. The van der Waals surface area contributed by atoms with E-state index < -0.39 is 0 Å². The molecule has 2 aromatic carbocycles. The van der Waals surface area contributed by atoms with Crippen LogP contribution in [0.5, 0.6) is 11.6 Å². The summed E-state index contributed by atoms with van der Waals surface area (Å²) in [4.78, 5) is 19.0. The molecular weight excluding hydrogens is 328 g/mol. The Labute approximate surface area is 152 Å². The van der Waals surface area contributed by atoms with Gasteiger partial charge < -0.3 is 14.4 Å². The van der Waals surface area contributed by atoms with Crippen LogP contribution in [0.3, 0.4) is 0 Å². The normalized spacial score (nSPS) is 16.7. The van der Waals surface area contributed by atoms with Gasteiger partial charge in [-0.25, -0.2) is 4.98 Å². The fourth-order valence-electron chi connectivity index (χ4n) is 3.21. The van der Waals surface area contributed by atoms with Crippen LogP contribution in [-0.4, -0.2) is 42.1 Å². The minimum atomic E-state index is -0.0362. The van der Waals surface area contributed by atoms with Crippen LogP contribution in [0.4, 0.5) is 0 Å². The summed E-state index contributed by atoms with van der Waals surface area (Å²) in [6, 6.07) is 19.0. The molecule has 0 spiro atoms. The van der Waals surface area contributed by atoms with Gasteiger partial charge in [-0.05, 0) is 36.4 Å². The van der Waals surface area contributed by atoms with E-state index in [1.165, 1.54) is 0 Å². The van der Waals surface area contributed by atoms with Crippen molar-refractivity contribution in [3.63, 3.8) is 0 Å². The number of methoxy groups -OCH3 is 1. The van der Waals surface area contributed by atoms with Gasteiger partial charge in [-0.15, -0.1) is 0 Å². The van der Waals surface area contributed by atoms with Gasteiger partial charge in [0.2, 0.25) is 5.88 Å². The first-order valence-electron chi connectivity index (χ1n) is 8.69. The number of fused-ring (bicyclic) bond motifs is 1. The van der Waals surface area contributed by atoms with Crippen molar-refractivity contribution in [2.24, 2.45) is 0 Å². The number of ether oxygens (including phenoxy) is 2. The molecule has 0 aliphatic carbocycles. The molecule has 1 saturated heterocycles. The molecule has 0 radical (unpaired) electrons. The zero-order valence-corrected chi connectivity index (χ0v) is 14.6. The molecule has 4 rings (SSSR count). The zero-order valence-electron chi connectivity index (χ0n) is 14.6. The van der Waals surface area contributed by atoms with Crippen molar-refractivity contribution in [3.8, 4) is 11.6 Å². The Morgan fingerprint density at radius 1 is 1.08 bits per heavy atom. The molecule has 1 aliphatic rings. The highest BCUT2D eigenvalue weighted by molar-refractivity contribution is 5.94. The minimum Gasteiger partial charge on any atom is -0.497 e. The lowest BCUT2D eigenvalue weighted by molar-refractivity contribution is 0.0771. The smallest absolute Gasteiger partial charge is 0.253 e. The van der Waals surface area contributed by atoms with Gasteiger partial charge in [-0.3, -0.25) is 4.79 Å². The number of para-hydroxylation sites is 1. The van der Waals surface area contributed by atoms with Crippen molar-refractivity contribution in [1.82, 2.24) is 9.88 Å². The predicted octanol–water partition coefficient (Wildman–Crippen LogP) is 3.54. The lowest BCUT2D eigenvalue weighted by atomic mass is 10.2. The molecule has 5 heteroatoms. The monoisotopic (exact) mass is 348 g/mol. The third-order valence-electron chi connectivity index (χ3n) is 4.63. The number of amides is 1. The zero-order chi connectivity index (χ0) is 17.9. The Kier molecular flexibility index (Phi) is 4.44. The Bertz CT molecular complexity index is 924. The second kappa shape index (κ2) is 7.04. The van der Waals surface area contributed by atoms with E-state index >= 15 is 0 Å². The summed E-state index contributed by atoms with van der Waals surface area (Å²) in [5.74, 6) is 1.37. The quantitative estimate of drug-likeness (QED) is 0.724. The first kappa shape index (κ1) is 16.4. The molecule has 0 saturated carbocycles. The van der Waals surface area contributed by atoms with Crippen molar-refractivity contribution in [1.29, 1.82) is 0 Å². The fraction of sp³-hybridized carbons (Fsp3) is 0.238. The van der Waals surface area contributed by atoms with Gasteiger partial charge in [0.1, 0.15) is 11.9 Å². The second-order valence-electron chi connectivity index (χ2n) is 6.35. The van der Waals surface area contributed by atoms with Gasteiger partial charge in [0.25, 0.3) is 5.91 Å². The predicted molar refractivity (Wildman–Crippen MR) is 99.7 cm³/mol. The van der Waals surface area contributed by atoms with E-state index in [-0.39, 0.29) is 12.0 Å². The molecule has 5 nitrogen and oxygen atoms in total. The molecule has 3 aromatic rings. The molecule has 1 fully saturated rings. The van der Waals surface area contributed by atoms with E-state index in [2.05, 4.69) is 4.98 Å². The van der Waals surface area contributed by atoms with E-state index in [0.29, 0.717) is 24.5 Å². The summed E-state index contributed by atoms with van der Waals surface area (Å²) in [6.45, 7) is 1.25. The number of likely N-dealkylation sites (tertiary alicyclic amines) is 1. The number of hydrogen-bond acceptors (Lipinski definition) is 4. The fourth-order valence-corrected chi connectivity index (χ4v) is 3.21. The molecule has 1 unspecified atom stereocenters. The van der Waals surface area contributed by atoms with Gasteiger partial charge in [0.05, 0.1) is 19.2 Å². The molecule has 1 aliphatic heterocycles. The van der Waals surface area contributed by atoms with Crippen LogP contribution >= 0.6 is 0 Å². The highest BCUT2D eigenvalue weighted by atomic mass is 16.5. The van der Waals surface area contributed by atoms with Gasteiger partial charge in [-0.2, -0.15) is 0 Å². The second-order valence-corrected chi connectivity index (χ2v) is 6.35. The number of rotatable bonds is 4. The maximum Gasteiger partial charge on any atom is 0.253 e. The van der Waals surface area contributed by atoms with Crippen LogP contribution in [-0.2, 0) is 0 Å². The Morgan fingerprint density at radius 2 is 1.88 bits per heavy atom. The number of carbonyl (C=O) groups excluding carboxylic acids is 1. The summed E-state index contributed by atoms with van der Waals surface area (Å²) in [6.07, 6.45) is 0.766. The van der Waals surface area contributed by atoms with Crippen LogP contribution in [0.2, 0.25) is 0 Å². The molecule has 2 heterocycles. The highest BCUT2D eigenvalue weighted by Gasteiger charge is 2.28. The Hall–Kier alpha value is -3.08. The van der Waals surface area contributed by atoms with Crippen LogP contribution in [0.25, 0.3) is 10.9 Å². The first-order chi connectivity index (χ1) is 12.7. The number of hydrogen-bond donors (Lipinski definition) is 0. The topological polar surface area (TPSA) is 51.7 Å². The number of carbonyl (C=O) groups is 1. The van der Waals surface area contributed by atoms with Crippen molar-refractivity contribution in [2.75, 3.05) is 20.2 Å². The van der Waals surface area contributed by atoms with Crippen molar-refractivity contribution < 1.29 is 14.3 Å². The van der Waals surface area contributed by atoms with Gasteiger partial charge in [0.15, 0.2) is 0 Å². The minimum absolute atomic E-state index is 0.0187. The lowest BCUT2D eigenvalue weighted by Crippen LogP contribution is -2.31. The molecule has 0 N–H and O–H groups in total. The van der Waals surface area contributed by atoms with E-state index in [9.17, 15) is 4.79 Å². The van der Waals surface area contributed by atoms with Crippen molar-refractivity contribution in [3.05, 3.63) is 66.2 Å². The van der Waals surface area contributed by atoms with Crippen molar-refractivity contribution >= 4 is 16.8 Å². The molecule has 26 heavy (non-hydrogen) atoms. The standard InChI is InChI=1S/C21H20N2O3/c1-25-17-9-6-16(7-10-17)21(24)23-13-12-18(14-23)26-20-11-8-15-4-2-3-5-19(15)22-20/h2-11,18H,12-14H2,1H3. The summed E-state index contributed by atoms with van der Waals surface area (Å²) in [7, 11) is 1.61. The lowest BCUT2D eigenvalue weighted by Gasteiger charge is -2.17. The third-order valence-corrected chi connectivity index (χ3v) is 4.63. The molecule has 1 aromatic heterocycles.